The number of carbonyl (C=O) groups is 1. The maximum Gasteiger partial charge on any atom is 0.332 e. The molecule has 0 spiro atoms. The summed E-state index contributed by atoms with van der Waals surface area (Å²) in [6.45, 7) is 0.351. The molecular formula is C18H21N7O4. The van der Waals surface area contributed by atoms with Gasteiger partial charge in [-0.05, 0) is 18.9 Å². The zero-order valence-corrected chi connectivity index (χ0v) is 16.2. The Hall–Kier alpha value is -3.50. The SMILES string of the molecule is Cn1c(=O)c2c(ncn2CC(=O)NCCn2nc(C3CC3)ccc2=O)n(C)c1=O. The number of aryl methyl sites for hydroxylation is 1. The van der Waals surface area contributed by atoms with Crippen LogP contribution in [-0.4, -0.2) is 40.9 Å². The first-order valence-corrected chi connectivity index (χ1v) is 9.32. The molecule has 0 aromatic carbocycles. The Balaban J connectivity index is 1.45. The van der Waals surface area contributed by atoms with Crippen molar-refractivity contribution in [3.05, 3.63) is 55.3 Å². The molecule has 0 unspecified atom stereocenters. The van der Waals surface area contributed by atoms with E-state index in [9.17, 15) is 19.2 Å². The molecule has 0 aliphatic heterocycles. The van der Waals surface area contributed by atoms with E-state index in [0.717, 1.165) is 23.1 Å². The summed E-state index contributed by atoms with van der Waals surface area (Å²) in [5.74, 6) is 0.0937. The van der Waals surface area contributed by atoms with Gasteiger partial charge in [0, 0.05) is 32.6 Å². The summed E-state index contributed by atoms with van der Waals surface area (Å²) in [6, 6.07) is 3.26. The second-order valence-electron chi connectivity index (χ2n) is 7.19. The molecule has 0 saturated heterocycles. The van der Waals surface area contributed by atoms with Gasteiger partial charge >= 0.3 is 5.69 Å². The molecule has 1 amide bonds. The average Bonchev–Trinajstić information content (AvgIpc) is 3.47. The minimum atomic E-state index is -0.513. The molecule has 4 rings (SSSR count). The summed E-state index contributed by atoms with van der Waals surface area (Å²) in [5.41, 5.74) is 0.0962. The number of amides is 1. The lowest BCUT2D eigenvalue weighted by atomic mass is 10.3. The molecule has 1 saturated carbocycles. The molecule has 3 aromatic heterocycles. The molecular weight excluding hydrogens is 378 g/mol. The van der Waals surface area contributed by atoms with Crippen LogP contribution in [0.3, 0.4) is 0 Å². The molecule has 11 nitrogen and oxygen atoms in total. The lowest BCUT2D eigenvalue weighted by Gasteiger charge is -2.09. The van der Waals surface area contributed by atoms with Crippen LogP contribution in [0, 0.1) is 0 Å². The fourth-order valence-corrected chi connectivity index (χ4v) is 3.25. The minimum absolute atomic E-state index is 0.131. The van der Waals surface area contributed by atoms with Gasteiger partial charge < -0.3 is 9.88 Å². The first-order chi connectivity index (χ1) is 13.9. The Kier molecular flexibility index (Phi) is 4.65. The van der Waals surface area contributed by atoms with E-state index in [-0.39, 0.29) is 42.3 Å². The summed E-state index contributed by atoms with van der Waals surface area (Å²) >= 11 is 0. The third kappa shape index (κ3) is 3.50. The van der Waals surface area contributed by atoms with Crippen molar-refractivity contribution in [2.45, 2.75) is 31.8 Å². The number of aromatic nitrogens is 6. The van der Waals surface area contributed by atoms with E-state index in [1.807, 2.05) is 0 Å². The third-order valence-electron chi connectivity index (χ3n) is 5.06. The Bertz CT molecular complexity index is 1280. The normalized spacial score (nSPS) is 13.7. The Morgan fingerprint density at radius 1 is 1.17 bits per heavy atom. The maximum absolute atomic E-state index is 12.4. The van der Waals surface area contributed by atoms with Crippen LogP contribution in [0.4, 0.5) is 0 Å². The molecule has 1 fully saturated rings. The van der Waals surface area contributed by atoms with Crippen molar-refractivity contribution in [3.63, 3.8) is 0 Å². The van der Waals surface area contributed by atoms with Gasteiger partial charge in [0.25, 0.3) is 11.1 Å². The molecule has 1 N–H and O–H groups in total. The predicted molar refractivity (Wildman–Crippen MR) is 104 cm³/mol. The van der Waals surface area contributed by atoms with E-state index >= 15 is 0 Å². The number of nitrogens with one attached hydrogen (secondary N) is 1. The van der Waals surface area contributed by atoms with E-state index in [1.54, 1.807) is 6.07 Å². The smallest absolute Gasteiger partial charge is 0.332 e. The topological polar surface area (TPSA) is 126 Å². The molecule has 3 heterocycles. The summed E-state index contributed by atoms with van der Waals surface area (Å²) < 4.78 is 5.00. The van der Waals surface area contributed by atoms with Crippen molar-refractivity contribution in [1.82, 2.24) is 33.8 Å². The lowest BCUT2D eigenvalue weighted by molar-refractivity contribution is -0.121. The van der Waals surface area contributed by atoms with Crippen LogP contribution in [0.5, 0.6) is 0 Å². The van der Waals surface area contributed by atoms with Crippen LogP contribution in [0.25, 0.3) is 11.2 Å². The van der Waals surface area contributed by atoms with Crippen molar-refractivity contribution in [2.24, 2.45) is 14.1 Å². The average molecular weight is 399 g/mol. The Morgan fingerprint density at radius 3 is 2.66 bits per heavy atom. The van der Waals surface area contributed by atoms with Crippen molar-refractivity contribution >= 4 is 17.1 Å². The number of rotatable bonds is 6. The largest absolute Gasteiger partial charge is 0.353 e. The molecule has 0 atom stereocenters. The van der Waals surface area contributed by atoms with Crippen molar-refractivity contribution in [3.8, 4) is 0 Å². The summed E-state index contributed by atoms with van der Waals surface area (Å²) in [7, 11) is 2.89. The monoisotopic (exact) mass is 399 g/mol. The predicted octanol–water partition coefficient (Wildman–Crippen LogP) is -1.32. The van der Waals surface area contributed by atoms with Crippen molar-refractivity contribution in [2.75, 3.05) is 6.54 Å². The number of imidazole rings is 1. The van der Waals surface area contributed by atoms with Crippen LogP contribution in [-0.2, 0) is 32.0 Å². The van der Waals surface area contributed by atoms with Gasteiger partial charge in [-0.1, -0.05) is 0 Å². The van der Waals surface area contributed by atoms with Crippen molar-refractivity contribution < 1.29 is 4.79 Å². The zero-order valence-electron chi connectivity index (χ0n) is 16.2. The van der Waals surface area contributed by atoms with Gasteiger partial charge in [-0.15, -0.1) is 0 Å². The third-order valence-corrected chi connectivity index (χ3v) is 5.06. The van der Waals surface area contributed by atoms with Crippen LogP contribution < -0.4 is 22.1 Å². The molecule has 29 heavy (non-hydrogen) atoms. The maximum atomic E-state index is 12.4. The van der Waals surface area contributed by atoms with E-state index < -0.39 is 11.2 Å². The summed E-state index contributed by atoms with van der Waals surface area (Å²) in [5, 5.41) is 7.07. The highest BCUT2D eigenvalue weighted by atomic mass is 16.2. The van der Waals surface area contributed by atoms with Gasteiger partial charge in [0.15, 0.2) is 11.2 Å². The highest BCUT2D eigenvalue weighted by molar-refractivity contribution is 5.78. The number of hydrogen-bond acceptors (Lipinski definition) is 6. The molecule has 1 aliphatic rings. The second kappa shape index (κ2) is 7.15. The van der Waals surface area contributed by atoms with Gasteiger partial charge in [0.2, 0.25) is 5.91 Å². The zero-order chi connectivity index (χ0) is 20.7. The summed E-state index contributed by atoms with van der Waals surface area (Å²) in [6.07, 6.45) is 3.54. The van der Waals surface area contributed by atoms with Gasteiger partial charge in [0.1, 0.15) is 6.54 Å². The van der Waals surface area contributed by atoms with E-state index in [1.165, 1.54) is 40.3 Å². The quantitative estimate of drug-likeness (QED) is 0.548. The number of nitrogens with zero attached hydrogens (tertiary/aromatic N) is 6. The van der Waals surface area contributed by atoms with Gasteiger partial charge in [-0.25, -0.2) is 14.5 Å². The number of carbonyl (C=O) groups excluding carboxylic acids is 1. The van der Waals surface area contributed by atoms with Crippen molar-refractivity contribution in [1.29, 1.82) is 0 Å². The van der Waals surface area contributed by atoms with Crippen LogP contribution in [0.2, 0.25) is 0 Å². The number of fused-ring (bicyclic) bond motifs is 1. The van der Waals surface area contributed by atoms with E-state index in [2.05, 4.69) is 15.4 Å². The number of hydrogen-bond donors (Lipinski definition) is 1. The fraction of sp³-hybridized carbons (Fsp3) is 0.444. The second-order valence-corrected chi connectivity index (χ2v) is 7.19. The van der Waals surface area contributed by atoms with Gasteiger partial charge in [-0.3, -0.25) is 23.5 Å². The highest BCUT2D eigenvalue weighted by Gasteiger charge is 2.25. The van der Waals surface area contributed by atoms with E-state index in [0.29, 0.717) is 5.92 Å². The molecule has 11 heteroatoms. The Morgan fingerprint density at radius 2 is 1.93 bits per heavy atom. The first kappa shape index (κ1) is 18.8. The summed E-state index contributed by atoms with van der Waals surface area (Å²) in [4.78, 5) is 52.7. The van der Waals surface area contributed by atoms with Crippen LogP contribution in [0.1, 0.15) is 24.5 Å². The van der Waals surface area contributed by atoms with Gasteiger partial charge in [-0.2, -0.15) is 5.10 Å². The molecule has 0 radical (unpaired) electrons. The molecule has 0 bridgehead atoms. The fourth-order valence-electron chi connectivity index (χ4n) is 3.25. The minimum Gasteiger partial charge on any atom is -0.353 e. The van der Waals surface area contributed by atoms with E-state index in [4.69, 9.17) is 0 Å². The lowest BCUT2D eigenvalue weighted by Crippen LogP contribution is -2.38. The molecule has 1 aliphatic carbocycles. The Labute approximate surface area is 164 Å². The first-order valence-electron chi connectivity index (χ1n) is 9.32. The molecule has 152 valence electrons. The molecule has 3 aromatic rings. The standard InChI is InChI=1S/C18H21N7O4/c1-22-16-15(17(28)23(2)18(22)29)24(10-20-16)9-13(26)19-7-8-25-14(27)6-5-12(21-25)11-3-4-11/h5-6,10-11H,3-4,7-9H2,1-2H3,(H,19,26). The van der Waals surface area contributed by atoms with Crippen LogP contribution >= 0.6 is 0 Å². The highest BCUT2D eigenvalue weighted by Crippen LogP contribution is 2.38. The van der Waals surface area contributed by atoms with Crippen LogP contribution in [0.15, 0.2) is 32.8 Å². The van der Waals surface area contributed by atoms with Gasteiger partial charge in [0.05, 0.1) is 18.6 Å².